The molecule has 3 nitrogen and oxygen atoms in total. The van der Waals surface area contributed by atoms with E-state index in [9.17, 15) is 9.18 Å². The van der Waals surface area contributed by atoms with Crippen molar-refractivity contribution in [2.75, 3.05) is 0 Å². The number of aliphatic carboxylic acids is 1. The molecule has 0 aromatic heterocycles. The summed E-state index contributed by atoms with van der Waals surface area (Å²) in [5, 5.41) is 8.57. The Morgan fingerprint density at radius 1 is 1.46 bits per heavy atom. The molecule has 0 spiro atoms. The SMILES string of the molecule is N[C@@H](CC1CCC(F)CC1)C(=O)O. The molecule has 1 atom stereocenters. The maximum atomic E-state index is 12.7. The van der Waals surface area contributed by atoms with Crippen molar-refractivity contribution in [3.05, 3.63) is 0 Å². The van der Waals surface area contributed by atoms with Crippen LogP contribution in [0.5, 0.6) is 0 Å². The third-order valence-corrected chi connectivity index (χ3v) is 2.68. The van der Waals surface area contributed by atoms with E-state index in [0.717, 1.165) is 12.8 Å². The first-order valence-electron chi connectivity index (χ1n) is 4.72. The first-order valence-corrected chi connectivity index (χ1v) is 4.72. The lowest BCUT2D eigenvalue weighted by Crippen LogP contribution is -2.33. The van der Waals surface area contributed by atoms with Gasteiger partial charge in [0.25, 0.3) is 0 Å². The fraction of sp³-hybridized carbons (Fsp3) is 0.889. The summed E-state index contributed by atoms with van der Waals surface area (Å²) >= 11 is 0. The quantitative estimate of drug-likeness (QED) is 0.703. The van der Waals surface area contributed by atoms with Crippen LogP contribution in [0.1, 0.15) is 32.1 Å². The normalized spacial score (nSPS) is 31.2. The van der Waals surface area contributed by atoms with E-state index in [2.05, 4.69) is 0 Å². The van der Waals surface area contributed by atoms with Gasteiger partial charge in [0, 0.05) is 0 Å². The Morgan fingerprint density at radius 3 is 2.46 bits per heavy atom. The van der Waals surface area contributed by atoms with Crippen LogP contribution in [0, 0.1) is 5.92 Å². The van der Waals surface area contributed by atoms with Gasteiger partial charge in [-0.2, -0.15) is 0 Å². The summed E-state index contributed by atoms with van der Waals surface area (Å²) < 4.78 is 12.7. The predicted octanol–water partition coefficient (Wildman–Crippen LogP) is 1.32. The summed E-state index contributed by atoms with van der Waals surface area (Å²) in [6.07, 6.45) is 2.50. The molecule has 0 unspecified atom stereocenters. The molecular weight excluding hydrogens is 173 g/mol. The van der Waals surface area contributed by atoms with Gasteiger partial charge < -0.3 is 10.8 Å². The summed E-state index contributed by atoms with van der Waals surface area (Å²) in [6.45, 7) is 0. The highest BCUT2D eigenvalue weighted by Gasteiger charge is 2.24. The van der Waals surface area contributed by atoms with Crippen LogP contribution in [0.4, 0.5) is 4.39 Å². The van der Waals surface area contributed by atoms with Crippen LogP contribution >= 0.6 is 0 Å². The fourth-order valence-corrected chi connectivity index (χ4v) is 1.82. The van der Waals surface area contributed by atoms with Gasteiger partial charge in [-0.25, -0.2) is 4.39 Å². The molecule has 0 aliphatic heterocycles. The van der Waals surface area contributed by atoms with E-state index >= 15 is 0 Å². The second kappa shape index (κ2) is 4.56. The van der Waals surface area contributed by atoms with Crippen molar-refractivity contribution < 1.29 is 14.3 Å². The molecule has 13 heavy (non-hydrogen) atoms. The van der Waals surface area contributed by atoms with Gasteiger partial charge in [0.05, 0.1) is 0 Å². The number of rotatable bonds is 3. The molecule has 1 fully saturated rings. The molecule has 0 radical (unpaired) electrons. The molecule has 0 heterocycles. The van der Waals surface area contributed by atoms with Crippen molar-refractivity contribution in [1.29, 1.82) is 0 Å². The van der Waals surface area contributed by atoms with Gasteiger partial charge in [-0.15, -0.1) is 0 Å². The van der Waals surface area contributed by atoms with E-state index in [1.165, 1.54) is 0 Å². The molecule has 0 aromatic carbocycles. The van der Waals surface area contributed by atoms with Crippen LogP contribution in [-0.2, 0) is 4.79 Å². The number of carboxylic acid groups (broad SMARTS) is 1. The van der Waals surface area contributed by atoms with Crippen LogP contribution < -0.4 is 5.73 Å². The zero-order chi connectivity index (χ0) is 9.84. The number of nitrogens with two attached hydrogens (primary N) is 1. The van der Waals surface area contributed by atoms with E-state index in [4.69, 9.17) is 10.8 Å². The van der Waals surface area contributed by atoms with Crippen molar-refractivity contribution in [3.8, 4) is 0 Å². The summed E-state index contributed by atoms with van der Waals surface area (Å²) in [6, 6.07) is -0.777. The smallest absolute Gasteiger partial charge is 0.320 e. The number of hydrogen-bond acceptors (Lipinski definition) is 2. The lowest BCUT2D eigenvalue weighted by atomic mass is 9.84. The largest absolute Gasteiger partial charge is 0.480 e. The van der Waals surface area contributed by atoms with Crippen molar-refractivity contribution in [3.63, 3.8) is 0 Å². The molecule has 0 saturated heterocycles. The Morgan fingerprint density at radius 2 is 2.00 bits per heavy atom. The highest BCUT2D eigenvalue weighted by molar-refractivity contribution is 5.73. The minimum Gasteiger partial charge on any atom is -0.480 e. The first kappa shape index (κ1) is 10.4. The van der Waals surface area contributed by atoms with Crippen LogP contribution in [0.25, 0.3) is 0 Å². The molecular formula is C9H16FNO2. The van der Waals surface area contributed by atoms with E-state index in [-0.39, 0.29) is 0 Å². The number of halogens is 1. The molecule has 4 heteroatoms. The number of alkyl halides is 1. The topological polar surface area (TPSA) is 63.3 Å². The third kappa shape index (κ3) is 3.30. The van der Waals surface area contributed by atoms with Crippen molar-refractivity contribution >= 4 is 5.97 Å². The molecule has 3 N–H and O–H groups in total. The van der Waals surface area contributed by atoms with E-state index in [1.807, 2.05) is 0 Å². The van der Waals surface area contributed by atoms with Gasteiger partial charge >= 0.3 is 5.97 Å². The van der Waals surface area contributed by atoms with Crippen LogP contribution in [-0.4, -0.2) is 23.3 Å². The average molecular weight is 189 g/mol. The van der Waals surface area contributed by atoms with Gasteiger partial charge in [0.1, 0.15) is 12.2 Å². The second-order valence-electron chi connectivity index (χ2n) is 3.80. The van der Waals surface area contributed by atoms with Crippen molar-refractivity contribution in [2.45, 2.75) is 44.3 Å². The average Bonchev–Trinajstić information content (AvgIpc) is 2.08. The molecule has 0 amide bonds. The van der Waals surface area contributed by atoms with Crippen molar-refractivity contribution in [1.82, 2.24) is 0 Å². The van der Waals surface area contributed by atoms with Gasteiger partial charge in [-0.3, -0.25) is 4.79 Å². The number of carboxylic acids is 1. The standard InChI is InChI=1S/C9H16FNO2/c10-7-3-1-6(2-4-7)5-8(11)9(12)13/h6-8H,1-5,11H2,(H,12,13)/t6?,7?,8-/m0/s1. The maximum Gasteiger partial charge on any atom is 0.320 e. The fourth-order valence-electron chi connectivity index (χ4n) is 1.82. The molecule has 1 rings (SSSR count). The molecule has 1 aliphatic carbocycles. The van der Waals surface area contributed by atoms with E-state index in [0.29, 0.717) is 25.2 Å². The lowest BCUT2D eigenvalue weighted by molar-refractivity contribution is -0.139. The minimum atomic E-state index is -0.956. The van der Waals surface area contributed by atoms with Crippen LogP contribution in [0.15, 0.2) is 0 Å². The monoisotopic (exact) mass is 189 g/mol. The summed E-state index contributed by atoms with van der Waals surface area (Å²) in [5.74, 6) is -0.652. The molecule has 1 aliphatic rings. The lowest BCUT2D eigenvalue weighted by Gasteiger charge is -2.25. The Hall–Kier alpha value is -0.640. The Labute approximate surface area is 77.1 Å². The van der Waals surface area contributed by atoms with Crippen LogP contribution in [0.3, 0.4) is 0 Å². The highest BCUT2D eigenvalue weighted by Crippen LogP contribution is 2.28. The first-order chi connectivity index (χ1) is 6.09. The molecule has 0 bridgehead atoms. The van der Waals surface area contributed by atoms with E-state index < -0.39 is 18.2 Å². The molecule has 76 valence electrons. The Bertz CT molecular complexity index is 178. The van der Waals surface area contributed by atoms with Gasteiger partial charge in [-0.1, -0.05) is 0 Å². The predicted molar refractivity (Wildman–Crippen MR) is 47.1 cm³/mol. The summed E-state index contributed by atoms with van der Waals surface area (Å²) in [5.41, 5.74) is 5.39. The molecule has 1 saturated carbocycles. The molecule has 0 aromatic rings. The highest BCUT2D eigenvalue weighted by atomic mass is 19.1. The summed E-state index contributed by atoms with van der Waals surface area (Å²) in [7, 11) is 0. The van der Waals surface area contributed by atoms with Gasteiger partial charge in [-0.05, 0) is 38.0 Å². The summed E-state index contributed by atoms with van der Waals surface area (Å²) in [4.78, 5) is 10.4. The Balaban J connectivity index is 2.26. The maximum absolute atomic E-state index is 12.7. The zero-order valence-electron chi connectivity index (χ0n) is 7.58. The Kier molecular flexibility index (Phi) is 3.66. The number of carbonyl (C=O) groups is 1. The van der Waals surface area contributed by atoms with Crippen molar-refractivity contribution in [2.24, 2.45) is 11.7 Å². The zero-order valence-corrected chi connectivity index (χ0v) is 7.58. The number of hydrogen-bond donors (Lipinski definition) is 2. The minimum absolute atomic E-state index is 0.304. The van der Waals surface area contributed by atoms with Gasteiger partial charge in [0.2, 0.25) is 0 Å². The van der Waals surface area contributed by atoms with Crippen LogP contribution in [0.2, 0.25) is 0 Å². The van der Waals surface area contributed by atoms with E-state index in [1.54, 1.807) is 0 Å². The third-order valence-electron chi connectivity index (χ3n) is 2.68. The second-order valence-corrected chi connectivity index (χ2v) is 3.80. The van der Waals surface area contributed by atoms with Gasteiger partial charge in [0.15, 0.2) is 0 Å².